The van der Waals surface area contributed by atoms with Gasteiger partial charge in [-0.2, -0.15) is 0 Å². The molecule has 1 aliphatic heterocycles. The largest absolute Gasteiger partial charge is 0.376 e. The van der Waals surface area contributed by atoms with E-state index in [1.165, 1.54) is 44.9 Å². The molecule has 6 unspecified atom stereocenters. The van der Waals surface area contributed by atoms with Gasteiger partial charge >= 0.3 is 0 Å². The summed E-state index contributed by atoms with van der Waals surface area (Å²) in [5.74, 6) is 2.95. The topological polar surface area (TPSA) is 21.3 Å². The Balaban J connectivity index is 1.47. The van der Waals surface area contributed by atoms with E-state index in [1.807, 2.05) is 0 Å². The molecule has 2 heteroatoms. The van der Waals surface area contributed by atoms with E-state index >= 15 is 0 Å². The SMILES string of the molecule is CCC1NC(C)CCC1OCC1CC2CCC1C2. The molecule has 2 saturated carbocycles. The molecule has 0 radical (unpaired) electrons. The number of piperidine rings is 1. The highest BCUT2D eigenvalue weighted by molar-refractivity contribution is 4.91. The number of ether oxygens (including phenoxy) is 1. The Hall–Kier alpha value is -0.0800. The molecule has 104 valence electrons. The van der Waals surface area contributed by atoms with E-state index in [0.29, 0.717) is 18.2 Å². The summed E-state index contributed by atoms with van der Waals surface area (Å²) in [6, 6.07) is 1.27. The van der Waals surface area contributed by atoms with Crippen molar-refractivity contribution < 1.29 is 4.74 Å². The molecule has 0 aromatic rings. The van der Waals surface area contributed by atoms with Gasteiger partial charge in [0, 0.05) is 12.1 Å². The minimum absolute atomic E-state index is 0.477. The van der Waals surface area contributed by atoms with Crippen LogP contribution in [0.25, 0.3) is 0 Å². The second-order valence-corrected chi connectivity index (χ2v) is 6.97. The van der Waals surface area contributed by atoms with Crippen LogP contribution < -0.4 is 5.32 Å². The number of hydrogen-bond acceptors (Lipinski definition) is 2. The predicted octanol–water partition coefficient (Wildman–Crippen LogP) is 3.36. The van der Waals surface area contributed by atoms with Crippen LogP contribution in [0.15, 0.2) is 0 Å². The maximum absolute atomic E-state index is 6.31. The minimum atomic E-state index is 0.477. The molecule has 3 fully saturated rings. The van der Waals surface area contributed by atoms with E-state index in [9.17, 15) is 0 Å². The van der Waals surface area contributed by atoms with Crippen molar-refractivity contribution >= 4 is 0 Å². The molecule has 2 aliphatic carbocycles. The van der Waals surface area contributed by atoms with Crippen LogP contribution in [0.3, 0.4) is 0 Å². The van der Waals surface area contributed by atoms with E-state index in [1.54, 1.807) is 0 Å². The van der Waals surface area contributed by atoms with E-state index in [0.717, 1.165) is 24.4 Å². The van der Waals surface area contributed by atoms with Crippen molar-refractivity contribution in [1.29, 1.82) is 0 Å². The molecule has 3 aliphatic rings. The summed E-state index contributed by atoms with van der Waals surface area (Å²) in [5.41, 5.74) is 0. The summed E-state index contributed by atoms with van der Waals surface area (Å²) in [7, 11) is 0. The van der Waals surface area contributed by atoms with Gasteiger partial charge in [-0.05, 0) is 63.2 Å². The average molecular weight is 251 g/mol. The Bertz CT molecular complexity index is 280. The third kappa shape index (κ3) is 2.60. The van der Waals surface area contributed by atoms with Crippen LogP contribution in [0.1, 0.15) is 58.8 Å². The Kier molecular flexibility index (Phi) is 3.95. The highest BCUT2D eigenvalue weighted by atomic mass is 16.5. The third-order valence-corrected chi connectivity index (χ3v) is 5.68. The maximum Gasteiger partial charge on any atom is 0.0728 e. The second kappa shape index (κ2) is 5.50. The lowest BCUT2D eigenvalue weighted by molar-refractivity contribution is -0.0253. The zero-order valence-corrected chi connectivity index (χ0v) is 12.0. The highest BCUT2D eigenvalue weighted by Crippen LogP contribution is 2.48. The van der Waals surface area contributed by atoms with E-state index in [4.69, 9.17) is 4.74 Å². The third-order valence-electron chi connectivity index (χ3n) is 5.68. The van der Waals surface area contributed by atoms with Crippen LogP contribution in [0.4, 0.5) is 0 Å². The van der Waals surface area contributed by atoms with Gasteiger partial charge in [0.05, 0.1) is 12.7 Å². The molecular formula is C16H29NO. The smallest absolute Gasteiger partial charge is 0.0728 e. The number of nitrogens with one attached hydrogen (secondary N) is 1. The van der Waals surface area contributed by atoms with Gasteiger partial charge in [0.25, 0.3) is 0 Å². The zero-order valence-electron chi connectivity index (χ0n) is 12.0. The first kappa shape index (κ1) is 12.9. The van der Waals surface area contributed by atoms with Gasteiger partial charge < -0.3 is 10.1 Å². The predicted molar refractivity (Wildman–Crippen MR) is 74.6 cm³/mol. The molecule has 2 nitrogen and oxygen atoms in total. The first-order chi connectivity index (χ1) is 8.76. The molecular weight excluding hydrogens is 222 g/mol. The standard InChI is InChI=1S/C16H29NO/c1-3-15-16(7-4-11(2)17-15)18-10-14-9-12-5-6-13(14)8-12/h11-17H,3-10H2,1-2H3. The number of rotatable bonds is 4. The average Bonchev–Trinajstić information content (AvgIpc) is 2.99. The Labute approximate surface area is 112 Å². The first-order valence-corrected chi connectivity index (χ1v) is 8.14. The lowest BCUT2D eigenvalue weighted by Crippen LogP contribution is -2.50. The van der Waals surface area contributed by atoms with Gasteiger partial charge in [-0.25, -0.2) is 0 Å². The molecule has 0 aromatic heterocycles. The normalized spacial score (nSPS) is 47.7. The van der Waals surface area contributed by atoms with E-state index in [2.05, 4.69) is 19.2 Å². The second-order valence-electron chi connectivity index (χ2n) is 6.97. The van der Waals surface area contributed by atoms with Crippen molar-refractivity contribution in [2.45, 2.75) is 77.0 Å². The highest BCUT2D eigenvalue weighted by Gasteiger charge is 2.40. The number of fused-ring (bicyclic) bond motifs is 2. The van der Waals surface area contributed by atoms with Crippen molar-refractivity contribution in [3.63, 3.8) is 0 Å². The molecule has 2 bridgehead atoms. The lowest BCUT2D eigenvalue weighted by Gasteiger charge is -2.36. The van der Waals surface area contributed by atoms with Crippen molar-refractivity contribution in [2.24, 2.45) is 17.8 Å². The molecule has 1 saturated heterocycles. The summed E-state index contributed by atoms with van der Waals surface area (Å²) in [6.07, 6.45) is 10.2. The van der Waals surface area contributed by atoms with Crippen molar-refractivity contribution in [2.75, 3.05) is 6.61 Å². The van der Waals surface area contributed by atoms with E-state index < -0.39 is 0 Å². The molecule has 0 amide bonds. The van der Waals surface area contributed by atoms with Crippen LogP contribution in [0.5, 0.6) is 0 Å². The summed E-state index contributed by atoms with van der Waals surface area (Å²) < 4.78 is 6.31. The quantitative estimate of drug-likeness (QED) is 0.827. The molecule has 1 heterocycles. The lowest BCUT2D eigenvalue weighted by atomic mass is 9.89. The van der Waals surface area contributed by atoms with Crippen LogP contribution in [-0.4, -0.2) is 24.8 Å². The van der Waals surface area contributed by atoms with Crippen LogP contribution in [0.2, 0.25) is 0 Å². The minimum Gasteiger partial charge on any atom is -0.376 e. The van der Waals surface area contributed by atoms with Gasteiger partial charge in [0.2, 0.25) is 0 Å². The summed E-state index contributed by atoms with van der Waals surface area (Å²) >= 11 is 0. The molecule has 18 heavy (non-hydrogen) atoms. The van der Waals surface area contributed by atoms with Gasteiger partial charge in [-0.3, -0.25) is 0 Å². The molecule has 6 atom stereocenters. The summed E-state index contributed by atoms with van der Waals surface area (Å²) in [6.45, 7) is 5.62. The van der Waals surface area contributed by atoms with Crippen molar-refractivity contribution in [3.8, 4) is 0 Å². The fraction of sp³-hybridized carbons (Fsp3) is 1.00. The molecule has 0 spiro atoms. The van der Waals surface area contributed by atoms with Crippen LogP contribution in [-0.2, 0) is 4.74 Å². The summed E-state index contributed by atoms with van der Waals surface area (Å²) in [4.78, 5) is 0. The zero-order chi connectivity index (χ0) is 12.5. The van der Waals surface area contributed by atoms with E-state index in [-0.39, 0.29) is 0 Å². The fourth-order valence-corrected chi connectivity index (χ4v) is 4.58. The maximum atomic E-state index is 6.31. The monoisotopic (exact) mass is 251 g/mol. The molecule has 3 rings (SSSR count). The van der Waals surface area contributed by atoms with Crippen LogP contribution in [0, 0.1) is 17.8 Å². The van der Waals surface area contributed by atoms with Gasteiger partial charge in [0.15, 0.2) is 0 Å². The van der Waals surface area contributed by atoms with Crippen molar-refractivity contribution in [3.05, 3.63) is 0 Å². The van der Waals surface area contributed by atoms with Gasteiger partial charge in [0.1, 0.15) is 0 Å². The first-order valence-electron chi connectivity index (χ1n) is 8.14. The fourth-order valence-electron chi connectivity index (χ4n) is 4.58. The van der Waals surface area contributed by atoms with Gasteiger partial charge in [-0.1, -0.05) is 13.3 Å². The summed E-state index contributed by atoms with van der Waals surface area (Å²) in [5, 5.41) is 3.70. The van der Waals surface area contributed by atoms with Gasteiger partial charge in [-0.15, -0.1) is 0 Å². The Morgan fingerprint density at radius 1 is 1.11 bits per heavy atom. The number of hydrogen-bond donors (Lipinski definition) is 1. The molecule has 0 aromatic carbocycles. The Morgan fingerprint density at radius 3 is 2.67 bits per heavy atom. The van der Waals surface area contributed by atoms with Crippen LogP contribution >= 0.6 is 0 Å². The Morgan fingerprint density at radius 2 is 2.00 bits per heavy atom. The molecule has 1 N–H and O–H groups in total. The van der Waals surface area contributed by atoms with Crippen molar-refractivity contribution in [1.82, 2.24) is 5.32 Å².